The molecule has 29 heavy (non-hydrogen) atoms. The van der Waals surface area contributed by atoms with Gasteiger partial charge >= 0.3 is 0 Å². The van der Waals surface area contributed by atoms with E-state index in [4.69, 9.17) is 0 Å². The summed E-state index contributed by atoms with van der Waals surface area (Å²) in [4.78, 5) is 29.0. The van der Waals surface area contributed by atoms with Crippen molar-refractivity contribution in [2.24, 2.45) is 0 Å². The van der Waals surface area contributed by atoms with Crippen molar-refractivity contribution in [2.45, 2.75) is 19.4 Å². The molecule has 0 aliphatic rings. The molecule has 0 fully saturated rings. The molecule has 0 spiro atoms. The minimum absolute atomic E-state index is 0.138. The van der Waals surface area contributed by atoms with Gasteiger partial charge in [-0.3, -0.25) is 9.59 Å². The lowest BCUT2D eigenvalue weighted by Gasteiger charge is -2.14. The number of pyridine rings is 1. The summed E-state index contributed by atoms with van der Waals surface area (Å²) in [7, 11) is 0. The SMILES string of the molecule is CC(NC(=O)c1cccc(C(=O)NCCc2ccccc2F)n1)c1ccccc1. The normalized spacial score (nSPS) is 11.5. The zero-order valence-corrected chi connectivity index (χ0v) is 16.1. The molecule has 0 bridgehead atoms. The van der Waals surface area contributed by atoms with E-state index in [1.54, 1.807) is 30.3 Å². The Morgan fingerprint density at radius 3 is 2.28 bits per heavy atom. The monoisotopic (exact) mass is 391 g/mol. The molecule has 2 amide bonds. The number of carbonyl (C=O) groups excluding carboxylic acids is 2. The zero-order valence-electron chi connectivity index (χ0n) is 16.1. The molecule has 2 aromatic carbocycles. The van der Waals surface area contributed by atoms with E-state index in [1.165, 1.54) is 12.1 Å². The summed E-state index contributed by atoms with van der Waals surface area (Å²) < 4.78 is 13.6. The Morgan fingerprint density at radius 2 is 1.55 bits per heavy atom. The summed E-state index contributed by atoms with van der Waals surface area (Å²) in [5.74, 6) is -1.07. The van der Waals surface area contributed by atoms with Crippen LogP contribution in [0.3, 0.4) is 0 Å². The van der Waals surface area contributed by atoms with Crippen molar-refractivity contribution in [2.75, 3.05) is 6.54 Å². The Balaban J connectivity index is 1.58. The Hall–Kier alpha value is -3.54. The maximum atomic E-state index is 13.6. The molecule has 0 radical (unpaired) electrons. The molecule has 0 saturated heterocycles. The van der Waals surface area contributed by atoms with Crippen LogP contribution in [0.15, 0.2) is 72.8 Å². The number of nitrogens with zero attached hydrogens (tertiary/aromatic N) is 1. The summed E-state index contributed by atoms with van der Waals surface area (Å²) in [6, 6.07) is 20.5. The second-order valence-corrected chi connectivity index (χ2v) is 6.61. The molecule has 3 aromatic rings. The molecule has 1 heterocycles. The smallest absolute Gasteiger partial charge is 0.270 e. The van der Waals surface area contributed by atoms with Gasteiger partial charge in [0.15, 0.2) is 0 Å². The Kier molecular flexibility index (Phi) is 6.68. The Morgan fingerprint density at radius 1 is 0.897 bits per heavy atom. The lowest BCUT2D eigenvalue weighted by Crippen LogP contribution is -2.30. The van der Waals surface area contributed by atoms with E-state index in [9.17, 15) is 14.0 Å². The van der Waals surface area contributed by atoms with E-state index in [1.807, 2.05) is 37.3 Å². The molecule has 0 saturated carbocycles. The first-order chi connectivity index (χ1) is 14.0. The van der Waals surface area contributed by atoms with Gasteiger partial charge in [0.2, 0.25) is 0 Å². The maximum Gasteiger partial charge on any atom is 0.270 e. The summed E-state index contributed by atoms with van der Waals surface area (Å²) in [5.41, 5.74) is 1.81. The van der Waals surface area contributed by atoms with Gasteiger partial charge in [-0.15, -0.1) is 0 Å². The second kappa shape index (κ2) is 9.59. The van der Waals surface area contributed by atoms with Crippen molar-refractivity contribution in [1.29, 1.82) is 0 Å². The highest BCUT2D eigenvalue weighted by Gasteiger charge is 2.15. The molecule has 6 heteroatoms. The van der Waals surface area contributed by atoms with Gasteiger partial charge in [0.05, 0.1) is 6.04 Å². The minimum Gasteiger partial charge on any atom is -0.350 e. The zero-order chi connectivity index (χ0) is 20.6. The highest BCUT2D eigenvalue weighted by Crippen LogP contribution is 2.12. The number of rotatable bonds is 7. The maximum absolute atomic E-state index is 13.6. The number of hydrogen-bond acceptors (Lipinski definition) is 3. The van der Waals surface area contributed by atoms with E-state index in [0.29, 0.717) is 12.0 Å². The van der Waals surface area contributed by atoms with Crippen LogP contribution in [0.4, 0.5) is 4.39 Å². The van der Waals surface area contributed by atoms with Gasteiger partial charge in [-0.1, -0.05) is 54.6 Å². The fourth-order valence-corrected chi connectivity index (χ4v) is 2.89. The summed E-state index contributed by atoms with van der Waals surface area (Å²) >= 11 is 0. The third kappa shape index (κ3) is 5.48. The van der Waals surface area contributed by atoms with Crippen LogP contribution < -0.4 is 10.6 Å². The van der Waals surface area contributed by atoms with E-state index in [-0.39, 0.29) is 35.7 Å². The van der Waals surface area contributed by atoms with E-state index in [0.717, 1.165) is 5.56 Å². The molecule has 0 aliphatic carbocycles. The number of carbonyl (C=O) groups is 2. The molecule has 5 nitrogen and oxygen atoms in total. The van der Waals surface area contributed by atoms with E-state index >= 15 is 0 Å². The van der Waals surface area contributed by atoms with Crippen molar-refractivity contribution in [3.63, 3.8) is 0 Å². The van der Waals surface area contributed by atoms with Gasteiger partial charge in [0, 0.05) is 6.54 Å². The fourth-order valence-electron chi connectivity index (χ4n) is 2.89. The number of benzene rings is 2. The molecular formula is C23H22FN3O2. The summed E-state index contributed by atoms with van der Waals surface area (Å²) in [5, 5.41) is 5.58. The van der Waals surface area contributed by atoms with Crippen LogP contribution in [-0.4, -0.2) is 23.3 Å². The number of hydrogen-bond donors (Lipinski definition) is 2. The molecule has 1 atom stereocenters. The van der Waals surface area contributed by atoms with Crippen LogP contribution in [-0.2, 0) is 6.42 Å². The lowest BCUT2D eigenvalue weighted by atomic mass is 10.1. The third-order valence-corrected chi connectivity index (χ3v) is 4.50. The summed E-state index contributed by atoms with van der Waals surface area (Å²) in [6.45, 7) is 2.15. The van der Waals surface area contributed by atoms with Crippen molar-refractivity contribution < 1.29 is 14.0 Å². The van der Waals surface area contributed by atoms with Crippen LogP contribution in [0.2, 0.25) is 0 Å². The topological polar surface area (TPSA) is 71.1 Å². The average molecular weight is 391 g/mol. The van der Waals surface area contributed by atoms with Crippen LogP contribution >= 0.6 is 0 Å². The Labute approximate surface area is 169 Å². The highest BCUT2D eigenvalue weighted by atomic mass is 19.1. The third-order valence-electron chi connectivity index (χ3n) is 4.50. The lowest BCUT2D eigenvalue weighted by molar-refractivity contribution is 0.0933. The number of nitrogens with one attached hydrogen (secondary N) is 2. The molecule has 0 aliphatic heterocycles. The number of amides is 2. The minimum atomic E-state index is -0.410. The van der Waals surface area contributed by atoms with Gasteiger partial charge in [0.25, 0.3) is 11.8 Å². The molecular weight excluding hydrogens is 369 g/mol. The molecule has 1 unspecified atom stereocenters. The molecule has 3 rings (SSSR count). The predicted molar refractivity (Wildman–Crippen MR) is 109 cm³/mol. The van der Waals surface area contributed by atoms with Crippen LogP contribution in [0.5, 0.6) is 0 Å². The number of aromatic nitrogens is 1. The van der Waals surface area contributed by atoms with E-state index < -0.39 is 5.91 Å². The second-order valence-electron chi connectivity index (χ2n) is 6.61. The van der Waals surface area contributed by atoms with Crippen molar-refractivity contribution in [1.82, 2.24) is 15.6 Å². The van der Waals surface area contributed by atoms with Gasteiger partial charge in [-0.25, -0.2) is 9.37 Å². The predicted octanol–water partition coefficient (Wildman–Crippen LogP) is 3.68. The standard InChI is InChI=1S/C23H22FN3O2/c1-16(17-8-3-2-4-9-17)26-23(29)21-13-7-12-20(27-21)22(28)25-15-14-18-10-5-6-11-19(18)24/h2-13,16H,14-15H2,1H3,(H,25,28)(H,26,29). The summed E-state index contributed by atoms with van der Waals surface area (Å²) in [6.07, 6.45) is 0.368. The van der Waals surface area contributed by atoms with Crippen molar-refractivity contribution in [3.05, 3.63) is 101 Å². The Bertz CT molecular complexity index is 992. The largest absolute Gasteiger partial charge is 0.350 e. The van der Waals surface area contributed by atoms with Gasteiger partial charge in [0.1, 0.15) is 17.2 Å². The number of halogens is 1. The van der Waals surface area contributed by atoms with Gasteiger partial charge in [-0.05, 0) is 42.7 Å². The first-order valence-electron chi connectivity index (χ1n) is 9.39. The molecule has 148 valence electrons. The highest BCUT2D eigenvalue weighted by molar-refractivity contribution is 5.96. The quantitative estimate of drug-likeness (QED) is 0.645. The van der Waals surface area contributed by atoms with Crippen molar-refractivity contribution >= 4 is 11.8 Å². The average Bonchev–Trinajstić information content (AvgIpc) is 2.75. The first-order valence-corrected chi connectivity index (χ1v) is 9.39. The van der Waals surface area contributed by atoms with Crippen LogP contribution in [0.1, 0.15) is 45.1 Å². The molecule has 2 N–H and O–H groups in total. The van der Waals surface area contributed by atoms with Gasteiger partial charge < -0.3 is 10.6 Å². The van der Waals surface area contributed by atoms with Crippen molar-refractivity contribution in [3.8, 4) is 0 Å². The van der Waals surface area contributed by atoms with E-state index in [2.05, 4.69) is 15.6 Å². The van der Waals surface area contributed by atoms with Crippen LogP contribution in [0, 0.1) is 5.82 Å². The first kappa shape index (κ1) is 20.2. The van der Waals surface area contributed by atoms with Gasteiger partial charge in [-0.2, -0.15) is 0 Å². The van der Waals surface area contributed by atoms with Crippen LogP contribution in [0.25, 0.3) is 0 Å². The molecule has 1 aromatic heterocycles. The fraction of sp³-hybridized carbons (Fsp3) is 0.174.